The molecule has 1 fully saturated rings. The van der Waals surface area contributed by atoms with E-state index >= 15 is 0 Å². The number of oxazole rings is 1. The van der Waals surface area contributed by atoms with Crippen LogP contribution in [0.2, 0.25) is 0 Å². The van der Waals surface area contributed by atoms with Crippen molar-refractivity contribution in [2.75, 3.05) is 18.0 Å². The summed E-state index contributed by atoms with van der Waals surface area (Å²) < 4.78 is 5.65. The van der Waals surface area contributed by atoms with Crippen LogP contribution in [0.5, 0.6) is 0 Å². The van der Waals surface area contributed by atoms with Gasteiger partial charge in [-0.3, -0.25) is 10.1 Å². The van der Waals surface area contributed by atoms with Crippen LogP contribution in [-0.2, 0) is 0 Å². The summed E-state index contributed by atoms with van der Waals surface area (Å²) in [6.45, 7) is 3.67. The number of benzene rings is 1. The Morgan fingerprint density at radius 1 is 1.50 bits per heavy atom. The second kappa shape index (κ2) is 4.75. The van der Waals surface area contributed by atoms with Crippen LogP contribution in [0.4, 0.5) is 11.7 Å². The number of hydrogen-bond donors (Lipinski definition) is 1. The lowest BCUT2D eigenvalue weighted by atomic mass is 9.97. The van der Waals surface area contributed by atoms with Gasteiger partial charge in [-0.15, -0.1) is 0 Å². The van der Waals surface area contributed by atoms with Crippen LogP contribution in [0, 0.1) is 16.0 Å². The van der Waals surface area contributed by atoms with Crippen LogP contribution in [-0.4, -0.2) is 29.0 Å². The number of non-ortho nitro benzene ring substituents is 1. The Labute approximate surface area is 115 Å². The Morgan fingerprint density at radius 3 is 3.00 bits per heavy atom. The summed E-state index contributed by atoms with van der Waals surface area (Å²) >= 11 is 0. The molecule has 0 spiro atoms. The summed E-state index contributed by atoms with van der Waals surface area (Å²) in [5.74, 6) is 0.475. The highest BCUT2D eigenvalue weighted by Crippen LogP contribution is 2.28. The first-order chi connectivity index (χ1) is 9.52. The van der Waals surface area contributed by atoms with Crippen LogP contribution < -0.4 is 10.6 Å². The molecule has 1 aromatic heterocycles. The molecule has 2 atom stereocenters. The molecule has 2 heterocycles. The van der Waals surface area contributed by atoms with Crippen LogP contribution in [0.1, 0.15) is 13.3 Å². The summed E-state index contributed by atoms with van der Waals surface area (Å²) in [5.41, 5.74) is 7.07. The molecular formula is C13H16N4O3. The summed E-state index contributed by atoms with van der Waals surface area (Å²) in [5, 5.41) is 10.8. The lowest BCUT2D eigenvalue weighted by Gasteiger charge is -2.33. The number of nitrogens with two attached hydrogens (primary N) is 1. The highest BCUT2D eigenvalue weighted by Gasteiger charge is 2.25. The number of fused-ring (bicyclic) bond motifs is 1. The standard InChI is InChI=1S/C13H16N4O3/c1-8-4-9(14)7-16(6-8)13-15-11-3-2-10(17(18)19)5-12(11)20-13/h2-3,5,8-9H,4,6-7,14H2,1H3. The zero-order chi connectivity index (χ0) is 14.3. The van der Waals surface area contributed by atoms with Gasteiger partial charge in [0.25, 0.3) is 11.7 Å². The predicted octanol–water partition coefficient (Wildman–Crippen LogP) is 1.91. The highest BCUT2D eigenvalue weighted by atomic mass is 16.6. The molecule has 106 valence electrons. The molecule has 20 heavy (non-hydrogen) atoms. The van der Waals surface area contributed by atoms with Gasteiger partial charge in [-0.2, -0.15) is 4.98 Å². The molecule has 2 aromatic rings. The molecule has 1 aliphatic rings. The largest absolute Gasteiger partial charge is 0.423 e. The van der Waals surface area contributed by atoms with Crippen molar-refractivity contribution in [3.63, 3.8) is 0 Å². The minimum absolute atomic E-state index is 0.00362. The van der Waals surface area contributed by atoms with Crippen molar-refractivity contribution in [3.05, 3.63) is 28.3 Å². The minimum Gasteiger partial charge on any atom is -0.423 e. The van der Waals surface area contributed by atoms with E-state index in [4.69, 9.17) is 10.2 Å². The second-order valence-electron chi connectivity index (χ2n) is 5.41. The number of hydrogen-bond acceptors (Lipinski definition) is 6. The van der Waals surface area contributed by atoms with E-state index in [1.54, 1.807) is 6.07 Å². The molecule has 7 nitrogen and oxygen atoms in total. The van der Waals surface area contributed by atoms with E-state index in [1.807, 2.05) is 4.90 Å². The molecule has 0 amide bonds. The lowest BCUT2D eigenvalue weighted by molar-refractivity contribution is -0.384. The van der Waals surface area contributed by atoms with Crippen molar-refractivity contribution >= 4 is 22.8 Å². The van der Waals surface area contributed by atoms with Crippen molar-refractivity contribution in [2.24, 2.45) is 11.7 Å². The van der Waals surface area contributed by atoms with E-state index in [9.17, 15) is 10.1 Å². The van der Waals surface area contributed by atoms with Gasteiger partial charge in [0.15, 0.2) is 5.58 Å². The van der Waals surface area contributed by atoms with Gasteiger partial charge in [0.05, 0.1) is 11.0 Å². The van der Waals surface area contributed by atoms with Crippen molar-refractivity contribution < 1.29 is 9.34 Å². The van der Waals surface area contributed by atoms with Gasteiger partial charge in [-0.25, -0.2) is 0 Å². The minimum atomic E-state index is -0.444. The van der Waals surface area contributed by atoms with E-state index in [-0.39, 0.29) is 11.7 Å². The number of nitrogens with zero attached hydrogens (tertiary/aromatic N) is 3. The van der Waals surface area contributed by atoms with E-state index in [0.29, 0.717) is 29.6 Å². The molecule has 0 bridgehead atoms. The zero-order valence-corrected chi connectivity index (χ0v) is 11.2. The summed E-state index contributed by atoms with van der Waals surface area (Å²) in [6, 6.07) is 5.03. The van der Waals surface area contributed by atoms with Crippen LogP contribution >= 0.6 is 0 Å². The van der Waals surface area contributed by atoms with Crippen molar-refractivity contribution in [1.82, 2.24) is 4.98 Å². The Balaban J connectivity index is 1.94. The van der Waals surface area contributed by atoms with Crippen molar-refractivity contribution in [2.45, 2.75) is 19.4 Å². The fourth-order valence-electron chi connectivity index (χ4n) is 2.71. The van der Waals surface area contributed by atoms with Crippen LogP contribution in [0.25, 0.3) is 11.1 Å². The smallest absolute Gasteiger partial charge is 0.298 e. The number of rotatable bonds is 2. The maximum atomic E-state index is 10.8. The topological polar surface area (TPSA) is 98.4 Å². The number of nitro groups is 1. The number of nitro benzene ring substituents is 1. The molecule has 0 saturated carbocycles. The summed E-state index contributed by atoms with van der Waals surface area (Å²) in [7, 11) is 0. The van der Waals surface area contributed by atoms with Gasteiger partial charge in [0.1, 0.15) is 5.52 Å². The first-order valence-electron chi connectivity index (χ1n) is 6.58. The first-order valence-corrected chi connectivity index (χ1v) is 6.58. The predicted molar refractivity (Wildman–Crippen MR) is 74.6 cm³/mol. The van der Waals surface area contributed by atoms with Crippen molar-refractivity contribution in [3.8, 4) is 0 Å². The lowest BCUT2D eigenvalue weighted by Crippen LogP contribution is -2.46. The van der Waals surface area contributed by atoms with E-state index in [2.05, 4.69) is 11.9 Å². The third kappa shape index (κ3) is 2.32. The van der Waals surface area contributed by atoms with Crippen LogP contribution in [0.3, 0.4) is 0 Å². The molecule has 1 aromatic carbocycles. The monoisotopic (exact) mass is 276 g/mol. The maximum absolute atomic E-state index is 10.8. The summed E-state index contributed by atoms with van der Waals surface area (Å²) in [4.78, 5) is 16.7. The molecule has 0 radical (unpaired) electrons. The number of piperidine rings is 1. The molecule has 7 heteroatoms. The average Bonchev–Trinajstić information content (AvgIpc) is 2.80. The Kier molecular flexibility index (Phi) is 3.06. The van der Waals surface area contributed by atoms with Crippen LogP contribution in [0.15, 0.2) is 22.6 Å². The van der Waals surface area contributed by atoms with Gasteiger partial charge in [0.2, 0.25) is 0 Å². The molecule has 0 aliphatic carbocycles. The third-order valence-electron chi connectivity index (χ3n) is 3.53. The van der Waals surface area contributed by atoms with E-state index < -0.39 is 4.92 Å². The van der Waals surface area contributed by atoms with Gasteiger partial charge < -0.3 is 15.1 Å². The quantitative estimate of drug-likeness (QED) is 0.664. The third-order valence-corrected chi connectivity index (χ3v) is 3.53. The fourth-order valence-corrected chi connectivity index (χ4v) is 2.71. The fraction of sp³-hybridized carbons (Fsp3) is 0.462. The molecule has 2 unspecified atom stereocenters. The van der Waals surface area contributed by atoms with Crippen molar-refractivity contribution in [1.29, 1.82) is 0 Å². The summed E-state index contributed by atoms with van der Waals surface area (Å²) in [6.07, 6.45) is 0.988. The van der Waals surface area contributed by atoms with Gasteiger partial charge in [-0.1, -0.05) is 6.92 Å². The van der Waals surface area contributed by atoms with Gasteiger partial charge in [-0.05, 0) is 18.4 Å². The molecular weight excluding hydrogens is 260 g/mol. The number of anilines is 1. The number of aromatic nitrogens is 1. The van der Waals surface area contributed by atoms with Gasteiger partial charge >= 0.3 is 0 Å². The van der Waals surface area contributed by atoms with E-state index in [0.717, 1.165) is 13.0 Å². The second-order valence-corrected chi connectivity index (χ2v) is 5.41. The maximum Gasteiger partial charge on any atom is 0.298 e. The molecule has 3 rings (SSSR count). The Bertz CT molecular complexity index is 644. The van der Waals surface area contributed by atoms with Gasteiger partial charge in [0, 0.05) is 25.2 Å². The molecule has 1 saturated heterocycles. The molecule has 1 aliphatic heterocycles. The zero-order valence-electron chi connectivity index (χ0n) is 11.2. The normalized spacial score (nSPS) is 23.2. The average molecular weight is 276 g/mol. The Morgan fingerprint density at radius 2 is 2.30 bits per heavy atom. The first kappa shape index (κ1) is 12.9. The molecule has 2 N–H and O–H groups in total. The highest BCUT2D eigenvalue weighted by molar-refractivity contribution is 5.77. The van der Waals surface area contributed by atoms with E-state index in [1.165, 1.54) is 12.1 Å². The SMILES string of the molecule is CC1CC(N)CN(c2nc3ccc([N+](=O)[O-])cc3o2)C1. The Hall–Kier alpha value is -2.15.